The van der Waals surface area contributed by atoms with Crippen LogP contribution in [0.4, 0.5) is 11.5 Å². The van der Waals surface area contributed by atoms with Crippen LogP contribution in [0.2, 0.25) is 0 Å². The van der Waals surface area contributed by atoms with Crippen LogP contribution in [-0.4, -0.2) is 40.6 Å². The van der Waals surface area contributed by atoms with Gasteiger partial charge in [-0.3, -0.25) is 10.1 Å². The van der Waals surface area contributed by atoms with E-state index in [1.807, 2.05) is 6.92 Å². The van der Waals surface area contributed by atoms with Gasteiger partial charge in [-0.2, -0.15) is 4.98 Å². The Labute approximate surface area is 121 Å². The molecule has 1 heterocycles. The van der Waals surface area contributed by atoms with Gasteiger partial charge in [0, 0.05) is 0 Å². The van der Waals surface area contributed by atoms with Crippen LogP contribution < -0.4 is 10.1 Å². The monoisotopic (exact) mass is 298 g/mol. The number of methoxy groups -OCH3 is 2. The van der Waals surface area contributed by atoms with Gasteiger partial charge in [0.2, 0.25) is 5.82 Å². The molecule has 0 fully saturated rings. The Balaban J connectivity index is 3.27. The lowest BCUT2D eigenvalue weighted by atomic mass is 9.96. The number of rotatable bonds is 7. The van der Waals surface area contributed by atoms with Gasteiger partial charge in [0.25, 0.3) is 5.88 Å². The molecule has 0 spiro atoms. The number of hydrogen-bond acceptors (Lipinski definition) is 8. The zero-order chi connectivity index (χ0) is 16.0. The molecule has 0 aromatic carbocycles. The van der Waals surface area contributed by atoms with Crippen molar-refractivity contribution in [2.24, 2.45) is 0 Å². The summed E-state index contributed by atoms with van der Waals surface area (Å²) in [4.78, 5) is 30.0. The summed E-state index contributed by atoms with van der Waals surface area (Å²) in [5.74, 6) is -0.800. The van der Waals surface area contributed by atoms with Crippen LogP contribution in [0.15, 0.2) is 6.33 Å². The number of nitrogens with zero attached hydrogens (tertiary/aromatic N) is 3. The SMILES string of the molecule is CCCC(C)(Nc1ncnc(OC)c1[N+](=O)[O-])C(=O)OC. The number of anilines is 1. The van der Waals surface area contributed by atoms with E-state index in [9.17, 15) is 14.9 Å². The first-order valence-electron chi connectivity index (χ1n) is 6.29. The van der Waals surface area contributed by atoms with Crippen molar-refractivity contribution in [3.05, 3.63) is 16.4 Å². The first kappa shape index (κ1) is 16.6. The van der Waals surface area contributed by atoms with Gasteiger partial charge in [-0.15, -0.1) is 0 Å². The zero-order valence-corrected chi connectivity index (χ0v) is 12.4. The van der Waals surface area contributed by atoms with E-state index in [4.69, 9.17) is 9.47 Å². The maximum Gasteiger partial charge on any atom is 0.372 e. The van der Waals surface area contributed by atoms with Gasteiger partial charge in [0.1, 0.15) is 11.9 Å². The molecule has 1 rings (SSSR count). The number of carbonyl (C=O) groups excluding carboxylic acids is 1. The van der Waals surface area contributed by atoms with Crippen molar-refractivity contribution in [2.45, 2.75) is 32.2 Å². The van der Waals surface area contributed by atoms with Crippen molar-refractivity contribution in [1.29, 1.82) is 0 Å². The highest BCUT2D eigenvalue weighted by atomic mass is 16.6. The van der Waals surface area contributed by atoms with E-state index in [0.717, 1.165) is 6.33 Å². The molecule has 0 amide bonds. The average molecular weight is 298 g/mol. The van der Waals surface area contributed by atoms with E-state index in [-0.39, 0.29) is 11.7 Å². The minimum atomic E-state index is -1.13. The average Bonchev–Trinajstić information content (AvgIpc) is 2.45. The van der Waals surface area contributed by atoms with Crippen molar-refractivity contribution in [3.8, 4) is 5.88 Å². The largest absolute Gasteiger partial charge is 0.476 e. The molecule has 116 valence electrons. The van der Waals surface area contributed by atoms with Crippen molar-refractivity contribution in [1.82, 2.24) is 9.97 Å². The predicted octanol–water partition coefficient (Wildman–Crippen LogP) is 1.54. The lowest BCUT2D eigenvalue weighted by Crippen LogP contribution is -2.44. The molecule has 1 N–H and O–H groups in total. The Morgan fingerprint density at radius 3 is 2.62 bits per heavy atom. The number of aromatic nitrogens is 2. The Kier molecular flexibility index (Phi) is 5.39. The minimum absolute atomic E-state index is 0.0896. The van der Waals surface area contributed by atoms with E-state index in [1.165, 1.54) is 14.2 Å². The summed E-state index contributed by atoms with van der Waals surface area (Å²) < 4.78 is 9.61. The summed E-state index contributed by atoms with van der Waals surface area (Å²) in [6.07, 6.45) is 2.22. The van der Waals surface area contributed by atoms with Crippen LogP contribution in [0.25, 0.3) is 0 Å². The molecule has 0 radical (unpaired) electrons. The van der Waals surface area contributed by atoms with Crippen molar-refractivity contribution >= 4 is 17.5 Å². The predicted molar refractivity (Wildman–Crippen MR) is 74.2 cm³/mol. The molecule has 0 saturated heterocycles. The summed E-state index contributed by atoms with van der Waals surface area (Å²) in [6.45, 7) is 3.48. The van der Waals surface area contributed by atoms with Gasteiger partial charge in [-0.05, 0) is 13.3 Å². The summed E-state index contributed by atoms with van der Waals surface area (Å²) in [7, 11) is 2.53. The Hall–Kier alpha value is -2.45. The van der Waals surface area contributed by atoms with Gasteiger partial charge in [-0.1, -0.05) is 13.3 Å². The maximum absolute atomic E-state index is 11.9. The van der Waals surface area contributed by atoms with E-state index in [0.29, 0.717) is 12.8 Å². The molecule has 0 aliphatic rings. The van der Waals surface area contributed by atoms with Crippen LogP contribution in [-0.2, 0) is 9.53 Å². The molecule has 0 saturated carbocycles. The fourth-order valence-corrected chi connectivity index (χ4v) is 1.97. The number of nitrogens with one attached hydrogen (secondary N) is 1. The molecule has 9 nitrogen and oxygen atoms in total. The van der Waals surface area contributed by atoms with Gasteiger partial charge >= 0.3 is 11.7 Å². The lowest BCUT2D eigenvalue weighted by molar-refractivity contribution is -0.385. The van der Waals surface area contributed by atoms with Gasteiger partial charge in [0.15, 0.2) is 0 Å². The van der Waals surface area contributed by atoms with Crippen molar-refractivity contribution in [3.63, 3.8) is 0 Å². The smallest absolute Gasteiger partial charge is 0.372 e. The first-order valence-corrected chi connectivity index (χ1v) is 6.29. The number of carbonyl (C=O) groups is 1. The van der Waals surface area contributed by atoms with Gasteiger partial charge < -0.3 is 14.8 Å². The molecular weight excluding hydrogens is 280 g/mol. The summed E-state index contributed by atoms with van der Waals surface area (Å²) in [5, 5.41) is 14.0. The quantitative estimate of drug-likeness (QED) is 0.457. The Bertz CT molecular complexity index is 536. The molecule has 1 unspecified atom stereocenters. The highest BCUT2D eigenvalue weighted by Gasteiger charge is 2.37. The highest BCUT2D eigenvalue weighted by molar-refractivity contribution is 5.84. The van der Waals surface area contributed by atoms with Crippen LogP contribution >= 0.6 is 0 Å². The normalized spacial score (nSPS) is 13.1. The van der Waals surface area contributed by atoms with Crippen LogP contribution in [0, 0.1) is 10.1 Å². The van der Waals surface area contributed by atoms with E-state index < -0.39 is 22.1 Å². The van der Waals surface area contributed by atoms with E-state index in [2.05, 4.69) is 15.3 Å². The maximum atomic E-state index is 11.9. The first-order chi connectivity index (χ1) is 9.89. The van der Waals surface area contributed by atoms with Gasteiger partial charge in [-0.25, -0.2) is 9.78 Å². The summed E-state index contributed by atoms with van der Waals surface area (Å²) >= 11 is 0. The van der Waals surface area contributed by atoms with E-state index in [1.54, 1.807) is 6.92 Å². The van der Waals surface area contributed by atoms with Crippen molar-refractivity contribution in [2.75, 3.05) is 19.5 Å². The zero-order valence-electron chi connectivity index (χ0n) is 12.4. The molecule has 0 aliphatic carbocycles. The van der Waals surface area contributed by atoms with Crippen LogP contribution in [0.3, 0.4) is 0 Å². The topological polar surface area (TPSA) is 116 Å². The molecule has 9 heteroatoms. The lowest BCUT2D eigenvalue weighted by Gasteiger charge is -2.27. The van der Waals surface area contributed by atoms with Crippen LogP contribution in [0.5, 0.6) is 5.88 Å². The molecular formula is C12H18N4O5. The molecule has 0 aliphatic heterocycles. The van der Waals surface area contributed by atoms with Crippen molar-refractivity contribution < 1.29 is 19.2 Å². The third-order valence-corrected chi connectivity index (χ3v) is 2.94. The molecule has 0 bridgehead atoms. The number of nitro groups is 1. The second-order valence-corrected chi connectivity index (χ2v) is 4.54. The fraction of sp³-hybridized carbons (Fsp3) is 0.583. The third kappa shape index (κ3) is 3.56. The molecule has 21 heavy (non-hydrogen) atoms. The second kappa shape index (κ2) is 6.82. The van der Waals surface area contributed by atoms with Crippen LogP contribution in [0.1, 0.15) is 26.7 Å². The van der Waals surface area contributed by atoms with Gasteiger partial charge in [0.05, 0.1) is 19.1 Å². The Morgan fingerprint density at radius 2 is 2.14 bits per heavy atom. The molecule has 1 aromatic heterocycles. The standard InChI is InChI=1S/C12H18N4O5/c1-5-6-12(2,11(17)21-4)15-9-8(16(18)19)10(20-3)14-7-13-9/h7H,5-6H2,1-4H3,(H,13,14,15). The third-order valence-electron chi connectivity index (χ3n) is 2.94. The van der Waals surface area contributed by atoms with E-state index >= 15 is 0 Å². The number of hydrogen-bond donors (Lipinski definition) is 1. The minimum Gasteiger partial charge on any atom is -0.476 e. The molecule has 1 atom stereocenters. The highest BCUT2D eigenvalue weighted by Crippen LogP contribution is 2.33. The Morgan fingerprint density at radius 1 is 1.48 bits per heavy atom. The second-order valence-electron chi connectivity index (χ2n) is 4.54. The number of ether oxygens (including phenoxy) is 2. The summed E-state index contributed by atoms with van der Waals surface area (Å²) in [5.41, 5.74) is -1.56. The fourth-order valence-electron chi connectivity index (χ4n) is 1.97. The summed E-state index contributed by atoms with van der Waals surface area (Å²) in [6, 6.07) is 0. The number of esters is 1. The molecule has 1 aromatic rings.